The molecule has 1 heterocycles. The quantitative estimate of drug-likeness (QED) is 0.158. The highest BCUT2D eigenvalue weighted by atomic mass is 15.1. The average Bonchev–Trinajstić information content (AvgIpc) is 3.64. The van der Waals surface area contributed by atoms with Crippen LogP contribution in [0.1, 0.15) is 0 Å². The van der Waals surface area contributed by atoms with Crippen molar-refractivity contribution < 1.29 is 0 Å². The van der Waals surface area contributed by atoms with Gasteiger partial charge in [0.25, 0.3) is 0 Å². The molecule has 2 nitrogen and oxygen atoms in total. The van der Waals surface area contributed by atoms with E-state index >= 15 is 0 Å². The normalized spacial score (nSPS) is 11.4. The van der Waals surface area contributed by atoms with Gasteiger partial charge >= 0.3 is 0 Å². The molecule has 0 N–H and O–H groups in total. The number of aromatic nitrogens is 1. The number of anilines is 3. The Bertz CT molecular complexity index is 3210. The molecule has 0 atom stereocenters. The molecule has 0 spiro atoms. The zero-order valence-corrected chi connectivity index (χ0v) is 31.8. The molecule has 2 heteroatoms. The minimum absolute atomic E-state index is 1.09. The lowest BCUT2D eigenvalue weighted by Gasteiger charge is -2.28. The molecular weight excluding hydrogens is 701 g/mol. The van der Waals surface area contributed by atoms with Gasteiger partial charge in [-0.2, -0.15) is 0 Å². The van der Waals surface area contributed by atoms with Crippen molar-refractivity contribution in [2.75, 3.05) is 4.90 Å². The van der Waals surface area contributed by atoms with Crippen molar-refractivity contribution >= 4 is 60.4 Å². The summed E-state index contributed by atoms with van der Waals surface area (Å²) < 4.78 is 2.41. The van der Waals surface area contributed by atoms with Crippen molar-refractivity contribution in [3.05, 3.63) is 231 Å². The molecular formula is C56H38N2. The van der Waals surface area contributed by atoms with Gasteiger partial charge in [0.05, 0.1) is 22.4 Å². The maximum atomic E-state index is 2.41. The molecule has 0 fully saturated rings. The molecule has 0 aliphatic rings. The van der Waals surface area contributed by atoms with Crippen LogP contribution < -0.4 is 4.90 Å². The maximum Gasteiger partial charge on any atom is 0.0541 e. The molecule has 0 bridgehead atoms. The molecule has 10 aromatic carbocycles. The van der Waals surface area contributed by atoms with Crippen molar-refractivity contribution in [2.45, 2.75) is 0 Å². The largest absolute Gasteiger partial charge is 0.310 e. The fourth-order valence-electron chi connectivity index (χ4n) is 8.93. The summed E-state index contributed by atoms with van der Waals surface area (Å²) in [6, 6.07) is 83.6. The van der Waals surface area contributed by atoms with Crippen molar-refractivity contribution in [1.82, 2.24) is 4.57 Å². The predicted octanol–water partition coefficient (Wildman–Crippen LogP) is 15.6. The van der Waals surface area contributed by atoms with Crippen LogP contribution >= 0.6 is 0 Å². The number of benzene rings is 10. The molecule has 272 valence electrons. The van der Waals surface area contributed by atoms with Gasteiger partial charge < -0.3 is 9.47 Å². The number of fused-ring (bicyclic) bond motifs is 5. The van der Waals surface area contributed by atoms with E-state index in [2.05, 4.69) is 240 Å². The first-order valence-corrected chi connectivity index (χ1v) is 19.9. The lowest BCUT2D eigenvalue weighted by atomic mass is 9.95. The predicted molar refractivity (Wildman–Crippen MR) is 247 cm³/mol. The zero-order valence-electron chi connectivity index (χ0n) is 31.8. The minimum Gasteiger partial charge on any atom is -0.310 e. The highest BCUT2D eigenvalue weighted by Gasteiger charge is 2.19. The Morgan fingerprint density at radius 3 is 1.43 bits per heavy atom. The van der Waals surface area contributed by atoms with Crippen LogP contribution in [-0.2, 0) is 0 Å². The summed E-state index contributed by atoms with van der Waals surface area (Å²) in [6.45, 7) is 0. The van der Waals surface area contributed by atoms with Gasteiger partial charge in [0.2, 0.25) is 0 Å². The lowest BCUT2D eigenvalue weighted by molar-refractivity contribution is 1.18. The van der Waals surface area contributed by atoms with Crippen LogP contribution in [0.15, 0.2) is 231 Å². The summed E-state index contributed by atoms with van der Waals surface area (Å²) in [5.41, 5.74) is 14.1. The van der Waals surface area contributed by atoms with Gasteiger partial charge in [0.15, 0.2) is 0 Å². The van der Waals surface area contributed by atoms with Crippen LogP contribution in [0.5, 0.6) is 0 Å². The summed E-state index contributed by atoms with van der Waals surface area (Å²) in [6.07, 6.45) is 0. The summed E-state index contributed by atoms with van der Waals surface area (Å²) in [5, 5.41) is 7.44. The SMILES string of the molecule is c1ccc(-c2ccc(N(c3ccc(-c4ccccc4-n4c5ccccc5c5ccccc54)cc3)c3ccc(-c4cccc5ccccc45)cc3)c3ccccc23)cc1. The van der Waals surface area contributed by atoms with Crippen LogP contribution in [0.4, 0.5) is 17.1 Å². The van der Waals surface area contributed by atoms with Crippen LogP contribution in [-0.4, -0.2) is 4.57 Å². The molecule has 58 heavy (non-hydrogen) atoms. The van der Waals surface area contributed by atoms with E-state index in [1.165, 1.54) is 71.2 Å². The first-order valence-electron chi connectivity index (χ1n) is 19.9. The van der Waals surface area contributed by atoms with E-state index in [4.69, 9.17) is 0 Å². The second kappa shape index (κ2) is 14.1. The van der Waals surface area contributed by atoms with Gasteiger partial charge in [-0.1, -0.05) is 182 Å². The second-order valence-corrected chi connectivity index (χ2v) is 14.9. The highest BCUT2D eigenvalue weighted by molar-refractivity contribution is 6.10. The third kappa shape index (κ3) is 5.66. The smallest absolute Gasteiger partial charge is 0.0541 e. The molecule has 0 unspecified atom stereocenters. The van der Waals surface area contributed by atoms with Crippen LogP contribution in [0.2, 0.25) is 0 Å². The van der Waals surface area contributed by atoms with Gasteiger partial charge in [0.1, 0.15) is 0 Å². The molecule has 11 aromatic rings. The average molecular weight is 739 g/mol. The third-order valence-corrected chi connectivity index (χ3v) is 11.6. The van der Waals surface area contributed by atoms with Gasteiger partial charge in [-0.15, -0.1) is 0 Å². The fraction of sp³-hybridized carbons (Fsp3) is 0. The Morgan fingerprint density at radius 2 is 0.741 bits per heavy atom. The van der Waals surface area contributed by atoms with E-state index < -0.39 is 0 Å². The van der Waals surface area contributed by atoms with Crippen molar-refractivity contribution in [1.29, 1.82) is 0 Å². The summed E-state index contributed by atoms with van der Waals surface area (Å²) >= 11 is 0. The molecule has 1 aromatic heterocycles. The highest BCUT2D eigenvalue weighted by Crippen LogP contribution is 2.44. The Labute approximate surface area is 338 Å². The number of hydrogen-bond donors (Lipinski definition) is 0. The van der Waals surface area contributed by atoms with E-state index in [0.29, 0.717) is 0 Å². The number of para-hydroxylation sites is 3. The molecule has 0 radical (unpaired) electrons. The van der Waals surface area contributed by atoms with E-state index in [9.17, 15) is 0 Å². The molecule has 0 amide bonds. The second-order valence-electron chi connectivity index (χ2n) is 14.9. The van der Waals surface area contributed by atoms with Gasteiger partial charge in [-0.05, 0) is 92.5 Å². The van der Waals surface area contributed by atoms with Crippen molar-refractivity contribution in [2.24, 2.45) is 0 Å². The Morgan fingerprint density at radius 1 is 0.276 bits per heavy atom. The standard InChI is InChI=1S/C56H38N2/c1-2-15-39(16-3-1)47-37-38-56(50-22-7-6-21-49(47)50)57(43-33-29-41(30-34-43)46-25-14-18-40-17-4-5-19-45(40)46)44-35-31-42(32-36-44)48-20-8-11-26-53(48)58-54-27-12-9-23-51(54)52-24-10-13-28-55(52)58/h1-38H. The van der Waals surface area contributed by atoms with Crippen LogP contribution in [0.3, 0.4) is 0 Å². The van der Waals surface area contributed by atoms with Crippen molar-refractivity contribution in [3.63, 3.8) is 0 Å². The summed E-state index contributed by atoms with van der Waals surface area (Å²) in [7, 11) is 0. The van der Waals surface area contributed by atoms with E-state index in [0.717, 1.165) is 28.3 Å². The van der Waals surface area contributed by atoms with Gasteiger partial charge in [-0.25, -0.2) is 0 Å². The fourth-order valence-corrected chi connectivity index (χ4v) is 8.93. The molecule has 11 rings (SSSR count). The summed E-state index contributed by atoms with van der Waals surface area (Å²) in [4.78, 5) is 2.41. The Kier molecular flexibility index (Phi) is 8.19. The Hall–Kier alpha value is -7.68. The number of nitrogens with zero attached hydrogens (tertiary/aromatic N) is 2. The third-order valence-electron chi connectivity index (χ3n) is 11.6. The first kappa shape index (κ1) is 33.6. The molecule has 0 aliphatic heterocycles. The number of hydrogen-bond acceptors (Lipinski definition) is 1. The van der Waals surface area contributed by atoms with Gasteiger partial charge in [0, 0.05) is 33.1 Å². The van der Waals surface area contributed by atoms with Crippen LogP contribution in [0.25, 0.3) is 82.4 Å². The zero-order chi connectivity index (χ0) is 38.4. The monoisotopic (exact) mass is 738 g/mol. The molecule has 0 aliphatic carbocycles. The summed E-state index contributed by atoms with van der Waals surface area (Å²) in [5.74, 6) is 0. The van der Waals surface area contributed by atoms with Crippen LogP contribution in [0, 0.1) is 0 Å². The van der Waals surface area contributed by atoms with Crippen molar-refractivity contribution in [3.8, 4) is 39.1 Å². The van der Waals surface area contributed by atoms with Gasteiger partial charge in [-0.3, -0.25) is 0 Å². The minimum atomic E-state index is 1.09. The molecule has 0 saturated heterocycles. The Balaban J connectivity index is 1.06. The lowest BCUT2D eigenvalue weighted by Crippen LogP contribution is -2.10. The van der Waals surface area contributed by atoms with E-state index in [1.807, 2.05) is 0 Å². The van der Waals surface area contributed by atoms with E-state index in [1.54, 1.807) is 0 Å². The first-order chi connectivity index (χ1) is 28.8. The number of rotatable bonds is 7. The topological polar surface area (TPSA) is 8.17 Å². The van der Waals surface area contributed by atoms with E-state index in [-0.39, 0.29) is 0 Å². The maximum absolute atomic E-state index is 2.41. The molecule has 0 saturated carbocycles.